The Morgan fingerprint density at radius 1 is 1.26 bits per heavy atom. The second kappa shape index (κ2) is 7.85. The molecule has 4 rings (SSSR count). The topological polar surface area (TPSA) is 127 Å². The lowest BCUT2D eigenvalue weighted by Crippen LogP contribution is -2.31. The molecule has 0 radical (unpaired) electrons. The van der Waals surface area contributed by atoms with Crippen LogP contribution in [0, 0.1) is 0 Å². The van der Waals surface area contributed by atoms with Crippen LogP contribution in [-0.2, 0) is 11.0 Å². The second-order valence-corrected chi connectivity index (χ2v) is 8.12. The molecule has 3 heterocycles. The third-order valence-electron chi connectivity index (χ3n) is 4.84. The molecule has 0 saturated carbocycles. The number of nitrogens with one attached hydrogen (secondary N) is 1. The van der Waals surface area contributed by atoms with Gasteiger partial charge in [0.25, 0.3) is 11.8 Å². The molecule has 1 aromatic heterocycles. The summed E-state index contributed by atoms with van der Waals surface area (Å²) < 4.78 is 39.0. The summed E-state index contributed by atoms with van der Waals surface area (Å²) in [7, 11) is 0. The molecule has 12 heteroatoms. The first-order chi connectivity index (χ1) is 14.6. The molecule has 1 aromatic carbocycles. The number of fused-ring (bicyclic) bond motifs is 1. The number of nitrogens with zero attached hydrogens (tertiary/aromatic N) is 3. The number of thioether (sulfide) groups is 1. The Morgan fingerprint density at radius 3 is 2.68 bits per heavy atom. The Morgan fingerprint density at radius 2 is 2.03 bits per heavy atom. The Hall–Kier alpha value is -3.12. The number of amides is 2. The molecule has 5 N–H and O–H groups in total. The third-order valence-corrected chi connectivity index (χ3v) is 5.91. The summed E-state index contributed by atoms with van der Waals surface area (Å²) in [4.78, 5) is 34.3. The van der Waals surface area contributed by atoms with E-state index in [1.165, 1.54) is 0 Å². The summed E-state index contributed by atoms with van der Waals surface area (Å²) >= 11 is 1.07. The number of nitrogens with two attached hydrogens (primary N) is 2. The highest BCUT2D eigenvalue weighted by Crippen LogP contribution is 2.44. The number of alkyl halides is 3. The highest BCUT2D eigenvalue weighted by atomic mass is 32.2. The monoisotopic (exact) mass is 450 g/mol. The molecule has 2 aromatic rings. The zero-order valence-corrected chi connectivity index (χ0v) is 16.8. The first-order valence-electron chi connectivity index (χ1n) is 9.22. The molecular weight excluding hydrogens is 433 g/mol. The van der Waals surface area contributed by atoms with Crippen LogP contribution in [0.1, 0.15) is 28.3 Å². The van der Waals surface area contributed by atoms with Gasteiger partial charge in [-0.15, -0.1) is 0 Å². The molecular formula is C19H17F3N6O2S. The van der Waals surface area contributed by atoms with Crippen LogP contribution in [-0.4, -0.2) is 45.8 Å². The van der Waals surface area contributed by atoms with Crippen LogP contribution in [0.4, 0.5) is 18.9 Å². The first kappa shape index (κ1) is 21.1. The molecule has 8 nitrogen and oxygen atoms in total. The van der Waals surface area contributed by atoms with Crippen LogP contribution in [0.25, 0.3) is 5.57 Å². The molecule has 0 bridgehead atoms. The lowest BCUT2D eigenvalue weighted by molar-refractivity contribution is -0.141. The van der Waals surface area contributed by atoms with E-state index < -0.39 is 23.6 Å². The van der Waals surface area contributed by atoms with E-state index >= 15 is 0 Å². The lowest BCUT2D eigenvalue weighted by atomic mass is 10.1. The molecule has 1 fully saturated rings. The molecule has 1 saturated heterocycles. The number of carbonyl (C=O) groups excluding carboxylic acids is 2. The number of rotatable bonds is 3. The Labute approximate surface area is 178 Å². The summed E-state index contributed by atoms with van der Waals surface area (Å²) in [6.45, 7) is 1.05. The van der Waals surface area contributed by atoms with Crippen LogP contribution in [0.3, 0.4) is 0 Å². The van der Waals surface area contributed by atoms with Crippen molar-refractivity contribution >= 4 is 34.8 Å². The highest BCUT2D eigenvalue weighted by molar-refractivity contribution is 8.04. The number of aromatic nitrogens is 2. The van der Waals surface area contributed by atoms with Gasteiger partial charge in [0.15, 0.2) is 5.82 Å². The van der Waals surface area contributed by atoms with Gasteiger partial charge >= 0.3 is 6.18 Å². The number of primary amides is 1. The summed E-state index contributed by atoms with van der Waals surface area (Å²) in [5, 5.41) is 3.14. The van der Waals surface area contributed by atoms with Gasteiger partial charge in [-0.25, -0.2) is 9.97 Å². The lowest BCUT2D eigenvalue weighted by Gasteiger charge is -2.16. The number of halogens is 3. The fraction of sp³-hybridized carbons (Fsp3) is 0.263. The fourth-order valence-electron chi connectivity index (χ4n) is 3.33. The van der Waals surface area contributed by atoms with E-state index in [1.54, 1.807) is 23.1 Å². The average molecular weight is 450 g/mol. The largest absolute Gasteiger partial charge is 0.433 e. The standard InChI is InChI=1S/C19H17F3N6O2S/c20-19(21,22)13-3-5-25-16(27-13)14(15(24)29)17-26-11-2-1-9(7-12(11)31-17)18(30)28-6-4-10(23)8-28/h1-3,5,7,10,26H,4,6,8,23H2,(H2,24,29)/b17-14-/t10-/m1/s1. The van der Waals surface area contributed by atoms with Crippen molar-refractivity contribution in [3.05, 3.63) is 52.6 Å². The number of likely N-dealkylation sites (tertiary alicyclic amines) is 1. The Kier molecular flexibility index (Phi) is 5.35. The number of hydrogen-bond donors (Lipinski definition) is 3. The SMILES string of the molecule is NC(=O)/C(=C1\Nc2ccc(C(=O)N3CC[C@@H](N)C3)cc2S1)c1nccc(C(F)(F)F)n1. The normalized spacial score (nSPS) is 19.7. The van der Waals surface area contributed by atoms with Crippen molar-refractivity contribution in [3.8, 4) is 0 Å². The van der Waals surface area contributed by atoms with E-state index in [-0.39, 0.29) is 22.6 Å². The molecule has 0 unspecified atom stereocenters. The Balaban J connectivity index is 1.66. The van der Waals surface area contributed by atoms with E-state index in [9.17, 15) is 22.8 Å². The van der Waals surface area contributed by atoms with Crippen LogP contribution in [0.2, 0.25) is 0 Å². The van der Waals surface area contributed by atoms with Gasteiger partial charge in [0, 0.05) is 35.8 Å². The molecule has 31 heavy (non-hydrogen) atoms. The van der Waals surface area contributed by atoms with E-state index in [1.807, 2.05) is 0 Å². The van der Waals surface area contributed by atoms with Crippen LogP contribution in [0.15, 0.2) is 40.4 Å². The van der Waals surface area contributed by atoms with Crippen molar-refractivity contribution in [3.63, 3.8) is 0 Å². The van der Waals surface area contributed by atoms with Gasteiger partial charge in [-0.1, -0.05) is 11.8 Å². The van der Waals surface area contributed by atoms with Crippen molar-refractivity contribution in [2.45, 2.75) is 23.5 Å². The molecule has 2 aliphatic heterocycles. The molecule has 2 amide bonds. The number of benzene rings is 1. The zero-order valence-electron chi connectivity index (χ0n) is 15.9. The van der Waals surface area contributed by atoms with Crippen molar-refractivity contribution in [2.75, 3.05) is 18.4 Å². The van der Waals surface area contributed by atoms with E-state index in [0.717, 1.165) is 24.4 Å². The first-order valence-corrected chi connectivity index (χ1v) is 10.0. The molecule has 0 spiro atoms. The van der Waals surface area contributed by atoms with Gasteiger partial charge < -0.3 is 21.7 Å². The van der Waals surface area contributed by atoms with E-state index in [2.05, 4.69) is 15.3 Å². The number of anilines is 1. The highest BCUT2D eigenvalue weighted by Gasteiger charge is 2.34. The average Bonchev–Trinajstić information content (AvgIpc) is 3.32. The van der Waals surface area contributed by atoms with Gasteiger partial charge in [-0.2, -0.15) is 13.2 Å². The van der Waals surface area contributed by atoms with Gasteiger partial charge in [0.05, 0.1) is 10.7 Å². The smallest absolute Gasteiger partial charge is 0.365 e. The minimum atomic E-state index is -4.70. The van der Waals surface area contributed by atoms with Gasteiger partial charge in [-0.3, -0.25) is 9.59 Å². The van der Waals surface area contributed by atoms with Crippen LogP contribution in [0.5, 0.6) is 0 Å². The summed E-state index contributed by atoms with van der Waals surface area (Å²) in [5.74, 6) is -1.58. The summed E-state index contributed by atoms with van der Waals surface area (Å²) in [5.41, 5.74) is 10.9. The number of carbonyl (C=O) groups is 2. The predicted molar refractivity (Wildman–Crippen MR) is 108 cm³/mol. The molecule has 1 atom stereocenters. The predicted octanol–water partition coefficient (Wildman–Crippen LogP) is 2.04. The Bertz CT molecular complexity index is 1100. The molecule has 162 valence electrons. The minimum absolute atomic E-state index is 0.0467. The zero-order chi connectivity index (χ0) is 22.3. The maximum absolute atomic E-state index is 13.0. The van der Waals surface area contributed by atoms with Crippen molar-refractivity contribution in [2.24, 2.45) is 11.5 Å². The molecule has 0 aliphatic carbocycles. The summed E-state index contributed by atoms with van der Waals surface area (Å²) in [6, 6.07) is 5.60. The van der Waals surface area contributed by atoms with E-state index in [4.69, 9.17) is 11.5 Å². The van der Waals surface area contributed by atoms with Gasteiger partial charge in [0.1, 0.15) is 11.3 Å². The van der Waals surface area contributed by atoms with Crippen molar-refractivity contribution < 1.29 is 22.8 Å². The maximum Gasteiger partial charge on any atom is 0.433 e. The van der Waals surface area contributed by atoms with Crippen molar-refractivity contribution in [1.82, 2.24) is 14.9 Å². The number of hydrogen-bond acceptors (Lipinski definition) is 7. The maximum atomic E-state index is 13.0. The van der Waals surface area contributed by atoms with Crippen molar-refractivity contribution in [1.29, 1.82) is 0 Å². The third kappa shape index (κ3) is 4.21. The molecule has 2 aliphatic rings. The van der Waals surface area contributed by atoms with Gasteiger partial charge in [-0.05, 0) is 30.7 Å². The minimum Gasteiger partial charge on any atom is -0.365 e. The van der Waals surface area contributed by atoms with Crippen LogP contribution >= 0.6 is 11.8 Å². The summed E-state index contributed by atoms with van der Waals surface area (Å²) in [6.07, 6.45) is -3.05. The fourth-order valence-corrected chi connectivity index (χ4v) is 4.42. The van der Waals surface area contributed by atoms with Crippen LogP contribution < -0.4 is 16.8 Å². The quantitative estimate of drug-likeness (QED) is 0.611. The van der Waals surface area contributed by atoms with E-state index in [0.29, 0.717) is 35.3 Å². The van der Waals surface area contributed by atoms with Gasteiger partial charge in [0.2, 0.25) is 0 Å². The second-order valence-electron chi connectivity index (χ2n) is 7.07.